The highest BCUT2D eigenvalue weighted by molar-refractivity contribution is 6.39. The van der Waals surface area contributed by atoms with Gasteiger partial charge in [-0.1, -0.05) is 23.2 Å². The molecule has 2 heterocycles. The quantitative estimate of drug-likeness (QED) is 0.572. The number of amides is 1. The van der Waals surface area contributed by atoms with Gasteiger partial charge in [-0.25, -0.2) is 0 Å². The number of hydrogen-bond donors (Lipinski definition) is 3. The molecule has 0 unspecified atom stereocenters. The Labute approximate surface area is 164 Å². The van der Waals surface area contributed by atoms with Crippen molar-refractivity contribution >= 4 is 40.5 Å². The molecule has 0 bridgehead atoms. The van der Waals surface area contributed by atoms with Crippen LogP contribution in [0.25, 0.3) is 11.3 Å². The predicted octanol–water partition coefficient (Wildman–Crippen LogP) is 3.99. The largest absolute Gasteiger partial charge is 0.486 e. The lowest BCUT2D eigenvalue weighted by atomic mass is 10.1. The molecule has 7 nitrogen and oxygen atoms in total. The Morgan fingerprint density at radius 1 is 1.11 bits per heavy atom. The van der Waals surface area contributed by atoms with Crippen LogP contribution in [0.3, 0.4) is 0 Å². The lowest BCUT2D eigenvalue weighted by Gasteiger charge is -2.18. The van der Waals surface area contributed by atoms with Gasteiger partial charge in [0.25, 0.3) is 5.91 Å². The van der Waals surface area contributed by atoms with Crippen LogP contribution in [0.15, 0.2) is 36.5 Å². The molecule has 2 aromatic carbocycles. The molecule has 4 N–H and O–H groups in total. The second kappa shape index (κ2) is 7.02. The SMILES string of the molecule is Nc1c(Cl)cc(NC(=O)c2cn[nH]c2-c2ccc3c(c2)OCCO3)cc1Cl. The van der Waals surface area contributed by atoms with Gasteiger partial charge in [0.15, 0.2) is 11.5 Å². The number of nitrogens with two attached hydrogens (primary N) is 1. The number of halogens is 2. The average molecular weight is 405 g/mol. The summed E-state index contributed by atoms with van der Waals surface area (Å²) < 4.78 is 11.1. The zero-order chi connectivity index (χ0) is 19.0. The summed E-state index contributed by atoms with van der Waals surface area (Å²) in [6.07, 6.45) is 1.45. The van der Waals surface area contributed by atoms with E-state index in [1.54, 1.807) is 12.1 Å². The highest BCUT2D eigenvalue weighted by Crippen LogP contribution is 2.35. The number of hydrogen-bond acceptors (Lipinski definition) is 5. The van der Waals surface area contributed by atoms with E-state index in [0.717, 1.165) is 5.56 Å². The summed E-state index contributed by atoms with van der Waals surface area (Å²) in [6.45, 7) is 0.988. The van der Waals surface area contributed by atoms with E-state index in [-0.39, 0.29) is 21.6 Å². The number of ether oxygens (including phenoxy) is 2. The molecule has 1 aliphatic heterocycles. The van der Waals surface area contributed by atoms with Gasteiger partial charge in [-0.2, -0.15) is 5.10 Å². The van der Waals surface area contributed by atoms with Gasteiger partial charge in [0.1, 0.15) is 13.2 Å². The third kappa shape index (κ3) is 3.39. The lowest BCUT2D eigenvalue weighted by Crippen LogP contribution is -2.15. The zero-order valence-electron chi connectivity index (χ0n) is 13.9. The topological polar surface area (TPSA) is 102 Å². The molecule has 0 atom stereocenters. The first-order chi connectivity index (χ1) is 13.0. The summed E-state index contributed by atoms with van der Waals surface area (Å²) >= 11 is 12.0. The number of carbonyl (C=O) groups excluding carboxylic acids is 1. The minimum Gasteiger partial charge on any atom is -0.486 e. The fraction of sp³-hybridized carbons (Fsp3) is 0.111. The number of benzene rings is 2. The fourth-order valence-electron chi connectivity index (χ4n) is 2.73. The number of aromatic amines is 1. The Bertz CT molecular complexity index is 1010. The van der Waals surface area contributed by atoms with Crippen LogP contribution in [0.4, 0.5) is 11.4 Å². The number of rotatable bonds is 3. The number of H-pyrrole nitrogens is 1. The van der Waals surface area contributed by atoms with E-state index in [1.165, 1.54) is 18.3 Å². The predicted molar refractivity (Wildman–Crippen MR) is 104 cm³/mol. The Morgan fingerprint density at radius 2 is 1.81 bits per heavy atom. The van der Waals surface area contributed by atoms with Crippen LogP contribution in [-0.4, -0.2) is 29.3 Å². The van der Waals surface area contributed by atoms with Gasteiger partial charge in [-0.15, -0.1) is 0 Å². The van der Waals surface area contributed by atoms with Crippen molar-refractivity contribution in [2.45, 2.75) is 0 Å². The molecule has 1 amide bonds. The summed E-state index contributed by atoms with van der Waals surface area (Å²) in [5.74, 6) is 0.920. The second-order valence-corrected chi connectivity index (χ2v) is 6.64. The van der Waals surface area contributed by atoms with Crippen molar-refractivity contribution < 1.29 is 14.3 Å². The highest BCUT2D eigenvalue weighted by Gasteiger charge is 2.19. The smallest absolute Gasteiger partial charge is 0.259 e. The van der Waals surface area contributed by atoms with E-state index in [0.29, 0.717) is 41.7 Å². The molecule has 0 fully saturated rings. The number of nitrogens with one attached hydrogen (secondary N) is 2. The van der Waals surface area contributed by atoms with Gasteiger partial charge < -0.3 is 20.5 Å². The van der Waals surface area contributed by atoms with E-state index < -0.39 is 0 Å². The van der Waals surface area contributed by atoms with Crippen molar-refractivity contribution in [2.24, 2.45) is 0 Å². The Hall–Kier alpha value is -2.90. The Balaban J connectivity index is 1.63. The zero-order valence-corrected chi connectivity index (χ0v) is 15.4. The average Bonchev–Trinajstić information content (AvgIpc) is 3.15. The number of nitrogens with zero attached hydrogens (tertiary/aromatic N) is 1. The summed E-state index contributed by atoms with van der Waals surface area (Å²) in [7, 11) is 0. The van der Waals surface area contributed by atoms with Gasteiger partial charge in [-0.05, 0) is 30.3 Å². The molecule has 0 saturated heterocycles. The molecule has 0 aliphatic carbocycles. The van der Waals surface area contributed by atoms with Crippen molar-refractivity contribution in [3.63, 3.8) is 0 Å². The first-order valence-electron chi connectivity index (χ1n) is 8.02. The summed E-state index contributed by atoms with van der Waals surface area (Å²) in [5.41, 5.74) is 8.06. The van der Waals surface area contributed by atoms with Crippen LogP contribution in [0.2, 0.25) is 10.0 Å². The molecule has 1 aliphatic rings. The monoisotopic (exact) mass is 404 g/mol. The van der Waals surface area contributed by atoms with Crippen LogP contribution in [-0.2, 0) is 0 Å². The Morgan fingerprint density at radius 3 is 2.56 bits per heavy atom. The highest BCUT2D eigenvalue weighted by atomic mass is 35.5. The molecular weight excluding hydrogens is 391 g/mol. The van der Waals surface area contributed by atoms with Crippen molar-refractivity contribution in [2.75, 3.05) is 24.3 Å². The third-order valence-electron chi connectivity index (χ3n) is 4.05. The van der Waals surface area contributed by atoms with E-state index in [9.17, 15) is 4.79 Å². The standard InChI is InChI=1S/C18H14Cl2N4O3/c19-12-6-10(7-13(20)16(12)21)23-18(25)11-8-22-24-17(11)9-1-2-14-15(5-9)27-4-3-26-14/h1-2,5-8H,3-4,21H2,(H,22,24)(H,23,25). The van der Waals surface area contributed by atoms with Gasteiger partial charge in [-0.3, -0.25) is 9.89 Å². The van der Waals surface area contributed by atoms with Crippen LogP contribution in [0, 0.1) is 0 Å². The molecule has 0 spiro atoms. The van der Waals surface area contributed by atoms with E-state index in [4.69, 9.17) is 38.4 Å². The Kier molecular flexibility index (Phi) is 4.55. The first-order valence-corrected chi connectivity index (χ1v) is 8.78. The van der Waals surface area contributed by atoms with Crippen molar-refractivity contribution in [1.82, 2.24) is 10.2 Å². The number of anilines is 2. The molecule has 1 aromatic heterocycles. The van der Waals surface area contributed by atoms with Gasteiger partial charge >= 0.3 is 0 Å². The molecule has 9 heteroatoms. The molecule has 27 heavy (non-hydrogen) atoms. The third-order valence-corrected chi connectivity index (χ3v) is 4.68. The minimum absolute atomic E-state index is 0.261. The number of aromatic nitrogens is 2. The van der Waals surface area contributed by atoms with Crippen molar-refractivity contribution in [3.05, 3.63) is 52.1 Å². The van der Waals surface area contributed by atoms with Crippen LogP contribution < -0.4 is 20.5 Å². The van der Waals surface area contributed by atoms with Gasteiger partial charge in [0.2, 0.25) is 0 Å². The maximum absolute atomic E-state index is 12.7. The van der Waals surface area contributed by atoms with Crippen molar-refractivity contribution in [1.29, 1.82) is 0 Å². The molecule has 138 valence electrons. The molecule has 0 saturated carbocycles. The maximum Gasteiger partial charge on any atom is 0.259 e. The summed E-state index contributed by atoms with van der Waals surface area (Å²) in [4.78, 5) is 12.7. The van der Waals surface area contributed by atoms with Gasteiger partial charge in [0, 0.05) is 11.3 Å². The maximum atomic E-state index is 12.7. The van der Waals surface area contributed by atoms with Gasteiger partial charge in [0.05, 0.1) is 33.2 Å². The first kappa shape index (κ1) is 17.5. The van der Waals surface area contributed by atoms with Crippen LogP contribution in [0.5, 0.6) is 11.5 Å². The van der Waals surface area contributed by atoms with E-state index >= 15 is 0 Å². The number of fused-ring (bicyclic) bond motifs is 1. The molecule has 4 rings (SSSR count). The summed E-state index contributed by atoms with van der Waals surface area (Å²) in [5, 5.41) is 10.1. The molecular formula is C18H14Cl2N4O3. The summed E-state index contributed by atoms with van der Waals surface area (Å²) in [6, 6.07) is 8.49. The van der Waals surface area contributed by atoms with E-state index in [2.05, 4.69) is 15.5 Å². The minimum atomic E-state index is -0.370. The molecule has 3 aromatic rings. The number of nitrogen functional groups attached to an aromatic ring is 1. The normalized spacial score (nSPS) is 12.7. The van der Waals surface area contributed by atoms with Crippen LogP contribution in [0.1, 0.15) is 10.4 Å². The fourth-order valence-corrected chi connectivity index (χ4v) is 3.22. The molecule has 0 radical (unpaired) electrons. The lowest BCUT2D eigenvalue weighted by molar-refractivity contribution is 0.102. The number of carbonyl (C=O) groups is 1. The van der Waals surface area contributed by atoms with E-state index in [1.807, 2.05) is 6.07 Å². The van der Waals surface area contributed by atoms with Crippen molar-refractivity contribution in [3.8, 4) is 22.8 Å². The van der Waals surface area contributed by atoms with Crippen LogP contribution >= 0.6 is 23.2 Å². The second-order valence-electron chi connectivity index (χ2n) is 5.82.